The molecule has 0 bridgehead atoms. The molecule has 0 saturated heterocycles. The van der Waals surface area contributed by atoms with Crippen LogP contribution in [0.15, 0.2) is 24.5 Å². The van der Waals surface area contributed by atoms with Gasteiger partial charge in [-0.3, -0.25) is 0 Å². The van der Waals surface area contributed by atoms with Crippen molar-refractivity contribution in [1.82, 2.24) is 15.2 Å². The van der Waals surface area contributed by atoms with Gasteiger partial charge in [-0.1, -0.05) is 6.92 Å². The van der Waals surface area contributed by atoms with Crippen LogP contribution in [0.4, 0.5) is 4.79 Å². The molecule has 1 unspecified atom stereocenters. The molecule has 0 fully saturated rings. The molecule has 1 heterocycles. The maximum Gasteiger partial charge on any atom is 0.315 e. The van der Waals surface area contributed by atoms with E-state index in [0.29, 0.717) is 6.54 Å². The van der Waals surface area contributed by atoms with Gasteiger partial charge in [0, 0.05) is 25.5 Å². The van der Waals surface area contributed by atoms with Gasteiger partial charge in [0.15, 0.2) is 0 Å². The molecule has 1 aromatic heterocycles. The van der Waals surface area contributed by atoms with E-state index in [9.17, 15) is 4.79 Å². The molecular weight excluding hydrogens is 206 g/mol. The first-order valence-electron chi connectivity index (χ1n) is 5.52. The smallest absolute Gasteiger partial charge is 0.315 e. The number of nitrogens with one attached hydrogen (secondary N) is 2. The van der Waals surface area contributed by atoms with Crippen molar-refractivity contribution in [2.24, 2.45) is 0 Å². The van der Waals surface area contributed by atoms with Gasteiger partial charge >= 0.3 is 6.03 Å². The molecule has 5 nitrogen and oxygen atoms in total. The number of aliphatic hydroxyl groups is 1. The minimum absolute atomic E-state index is 0.0263. The quantitative estimate of drug-likeness (QED) is 0.662. The highest BCUT2D eigenvalue weighted by atomic mass is 16.3. The lowest BCUT2D eigenvalue weighted by atomic mass is 10.2. The average Bonchev–Trinajstić information content (AvgIpc) is 2.79. The fraction of sp³-hybridized carbons (Fsp3) is 0.545. The van der Waals surface area contributed by atoms with Gasteiger partial charge in [0.2, 0.25) is 0 Å². The molecule has 0 aliphatic heterocycles. The van der Waals surface area contributed by atoms with E-state index in [0.717, 1.165) is 13.0 Å². The predicted molar refractivity (Wildman–Crippen MR) is 62.1 cm³/mol. The van der Waals surface area contributed by atoms with Crippen LogP contribution in [0.3, 0.4) is 0 Å². The summed E-state index contributed by atoms with van der Waals surface area (Å²) in [4.78, 5) is 11.4. The molecule has 1 aromatic rings. The molecule has 5 heteroatoms. The summed E-state index contributed by atoms with van der Waals surface area (Å²) in [6, 6.07) is 3.50. The fourth-order valence-electron chi connectivity index (χ4n) is 1.33. The Morgan fingerprint density at radius 2 is 2.12 bits per heavy atom. The number of carbonyl (C=O) groups is 1. The molecule has 0 saturated carbocycles. The van der Waals surface area contributed by atoms with Crippen molar-refractivity contribution in [1.29, 1.82) is 0 Å². The van der Waals surface area contributed by atoms with Crippen LogP contribution in [0.1, 0.15) is 13.3 Å². The molecular formula is C11H19N3O2. The van der Waals surface area contributed by atoms with Crippen LogP contribution < -0.4 is 10.6 Å². The Morgan fingerprint density at radius 3 is 2.69 bits per heavy atom. The zero-order chi connectivity index (χ0) is 11.8. The summed E-state index contributed by atoms with van der Waals surface area (Å²) in [7, 11) is 0. The fourth-order valence-corrected chi connectivity index (χ4v) is 1.33. The first-order chi connectivity index (χ1) is 7.76. The molecule has 0 aromatic carbocycles. The van der Waals surface area contributed by atoms with E-state index < -0.39 is 0 Å². The number of hydrogen-bond donors (Lipinski definition) is 3. The summed E-state index contributed by atoms with van der Waals surface area (Å²) in [5, 5.41) is 14.3. The van der Waals surface area contributed by atoms with E-state index in [1.165, 1.54) is 0 Å². The zero-order valence-electron chi connectivity index (χ0n) is 9.52. The third-order valence-electron chi connectivity index (χ3n) is 2.37. The molecule has 90 valence electrons. The Balaban J connectivity index is 2.15. The molecule has 1 atom stereocenters. The van der Waals surface area contributed by atoms with E-state index >= 15 is 0 Å². The van der Waals surface area contributed by atoms with Gasteiger partial charge < -0.3 is 20.3 Å². The second-order valence-electron chi connectivity index (χ2n) is 3.61. The molecule has 1 rings (SSSR count). The van der Waals surface area contributed by atoms with Crippen molar-refractivity contribution in [2.75, 3.05) is 13.2 Å². The summed E-state index contributed by atoms with van der Waals surface area (Å²) >= 11 is 0. The maximum absolute atomic E-state index is 11.4. The summed E-state index contributed by atoms with van der Waals surface area (Å²) in [6.45, 7) is 3.21. The summed E-state index contributed by atoms with van der Waals surface area (Å²) in [6.07, 6.45) is 4.62. The largest absolute Gasteiger partial charge is 0.394 e. The third kappa shape index (κ3) is 4.35. The second-order valence-corrected chi connectivity index (χ2v) is 3.61. The Labute approximate surface area is 95.5 Å². The first-order valence-corrected chi connectivity index (χ1v) is 5.52. The van der Waals surface area contributed by atoms with Gasteiger partial charge in [0.05, 0.1) is 12.6 Å². The monoisotopic (exact) mass is 225 g/mol. The molecule has 0 radical (unpaired) electrons. The number of aliphatic hydroxyl groups excluding tert-OH is 1. The second kappa shape index (κ2) is 6.90. The summed E-state index contributed by atoms with van der Waals surface area (Å²) < 4.78 is 1.99. The number of aromatic nitrogens is 1. The van der Waals surface area contributed by atoms with E-state index in [4.69, 9.17) is 5.11 Å². The number of nitrogens with zero attached hydrogens (tertiary/aromatic N) is 1. The van der Waals surface area contributed by atoms with Crippen LogP contribution in [0, 0.1) is 0 Å². The Kier molecular flexibility index (Phi) is 5.42. The van der Waals surface area contributed by atoms with Crippen LogP contribution in [0.5, 0.6) is 0 Å². The molecule has 0 spiro atoms. The van der Waals surface area contributed by atoms with E-state index in [1.54, 1.807) is 0 Å². The molecule has 3 N–H and O–H groups in total. The number of rotatable bonds is 6. The highest BCUT2D eigenvalue weighted by Crippen LogP contribution is 1.89. The van der Waals surface area contributed by atoms with Crippen LogP contribution in [0.25, 0.3) is 0 Å². The maximum atomic E-state index is 11.4. The Morgan fingerprint density at radius 1 is 1.44 bits per heavy atom. The number of urea groups is 1. The number of amides is 2. The van der Waals surface area contributed by atoms with E-state index in [-0.39, 0.29) is 18.7 Å². The van der Waals surface area contributed by atoms with Gasteiger partial charge in [0.1, 0.15) is 0 Å². The minimum atomic E-state index is -0.229. The normalized spacial score (nSPS) is 12.1. The van der Waals surface area contributed by atoms with Gasteiger partial charge in [-0.15, -0.1) is 0 Å². The topological polar surface area (TPSA) is 66.3 Å². The summed E-state index contributed by atoms with van der Waals surface area (Å²) in [5.41, 5.74) is 0. The standard InChI is InChI=1S/C11H19N3O2/c1-2-10(9-15)13-11(16)12-5-8-14-6-3-4-7-14/h3-4,6-7,10,15H,2,5,8-9H2,1H3,(H2,12,13,16). The van der Waals surface area contributed by atoms with Gasteiger partial charge in [0.25, 0.3) is 0 Å². The van der Waals surface area contributed by atoms with Crippen molar-refractivity contribution in [3.63, 3.8) is 0 Å². The zero-order valence-corrected chi connectivity index (χ0v) is 9.52. The third-order valence-corrected chi connectivity index (χ3v) is 2.37. The van der Waals surface area contributed by atoms with Crippen molar-refractivity contribution >= 4 is 6.03 Å². The van der Waals surface area contributed by atoms with Crippen LogP contribution >= 0.6 is 0 Å². The van der Waals surface area contributed by atoms with Crippen LogP contribution in [0.2, 0.25) is 0 Å². The molecule has 0 aliphatic rings. The van der Waals surface area contributed by atoms with Crippen molar-refractivity contribution in [2.45, 2.75) is 25.9 Å². The Hall–Kier alpha value is -1.49. The lowest BCUT2D eigenvalue weighted by Crippen LogP contribution is -2.44. The molecule has 0 aliphatic carbocycles. The van der Waals surface area contributed by atoms with E-state index in [1.807, 2.05) is 36.0 Å². The lowest BCUT2D eigenvalue weighted by Gasteiger charge is -2.14. The first kappa shape index (κ1) is 12.6. The SMILES string of the molecule is CCC(CO)NC(=O)NCCn1cccc1. The van der Waals surface area contributed by atoms with Gasteiger partial charge in [-0.25, -0.2) is 4.79 Å². The average molecular weight is 225 g/mol. The highest BCUT2D eigenvalue weighted by molar-refractivity contribution is 5.74. The molecule has 2 amide bonds. The molecule has 16 heavy (non-hydrogen) atoms. The van der Waals surface area contributed by atoms with Crippen LogP contribution in [-0.2, 0) is 6.54 Å². The lowest BCUT2D eigenvalue weighted by molar-refractivity contribution is 0.214. The van der Waals surface area contributed by atoms with Gasteiger partial charge in [-0.2, -0.15) is 0 Å². The van der Waals surface area contributed by atoms with E-state index in [2.05, 4.69) is 10.6 Å². The summed E-state index contributed by atoms with van der Waals surface area (Å²) in [5.74, 6) is 0. The minimum Gasteiger partial charge on any atom is -0.394 e. The predicted octanol–water partition coefficient (Wildman–Crippen LogP) is 0.558. The van der Waals surface area contributed by atoms with Crippen molar-refractivity contribution < 1.29 is 9.90 Å². The van der Waals surface area contributed by atoms with Crippen molar-refractivity contribution in [3.05, 3.63) is 24.5 Å². The van der Waals surface area contributed by atoms with Crippen LogP contribution in [-0.4, -0.2) is 34.9 Å². The highest BCUT2D eigenvalue weighted by Gasteiger charge is 2.07. The number of carbonyl (C=O) groups excluding carboxylic acids is 1. The van der Waals surface area contributed by atoms with Crippen molar-refractivity contribution in [3.8, 4) is 0 Å². The Bertz CT molecular complexity index is 294. The number of hydrogen-bond acceptors (Lipinski definition) is 2. The van der Waals surface area contributed by atoms with Gasteiger partial charge in [-0.05, 0) is 18.6 Å².